The summed E-state index contributed by atoms with van der Waals surface area (Å²) in [5, 5.41) is 4.82. The van der Waals surface area contributed by atoms with E-state index in [0.29, 0.717) is 18.8 Å². The molecule has 0 spiro atoms. The number of aryl methyl sites for hydroxylation is 1. The number of furan rings is 1. The lowest BCUT2D eigenvalue weighted by molar-refractivity contribution is 0.0929. The number of nitrogens with one attached hydrogen (secondary N) is 1. The van der Waals surface area contributed by atoms with Crippen molar-refractivity contribution in [3.05, 3.63) is 95.2 Å². The van der Waals surface area contributed by atoms with E-state index in [1.165, 1.54) is 5.56 Å². The highest BCUT2D eigenvalue weighted by atomic mass is 16.5. The summed E-state index contributed by atoms with van der Waals surface area (Å²) in [5.74, 6) is 1.26. The van der Waals surface area contributed by atoms with Crippen LogP contribution < -0.4 is 14.9 Å². The van der Waals surface area contributed by atoms with E-state index in [-0.39, 0.29) is 5.76 Å². The van der Waals surface area contributed by atoms with Crippen molar-refractivity contribution in [2.45, 2.75) is 20.5 Å². The standard InChI is InChI=1S/C26H24N2O4/c1-3-30-23-11-12-24-21(14-23)15-25(32-24)26(29)28-27-16-19-7-9-22(10-8-19)31-17-20-6-4-5-18(2)13-20/h4-16H,3,17H2,1-2H3,(H,28,29)/b27-16+. The van der Waals surface area contributed by atoms with E-state index in [0.717, 1.165) is 28.0 Å². The molecule has 6 heteroatoms. The molecule has 0 unspecified atom stereocenters. The maximum Gasteiger partial charge on any atom is 0.307 e. The Labute approximate surface area is 186 Å². The SMILES string of the molecule is CCOc1ccc2oc(C(=O)N/N=C/c3ccc(OCc4cccc(C)c4)cc3)cc2c1. The molecule has 4 rings (SSSR count). The van der Waals surface area contributed by atoms with E-state index in [1.807, 2.05) is 55.5 Å². The van der Waals surface area contributed by atoms with Crippen LogP contribution in [0.1, 0.15) is 34.2 Å². The Bertz CT molecular complexity index is 1240. The van der Waals surface area contributed by atoms with Gasteiger partial charge in [0.05, 0.1) is 12.8 Å². The number of nitrogens with zero attached hydrogens (tertiary/aromatic N) is 1. The number of carbonyl (C=O) groups is 1. The van der Waals surface area contributed by atoms with Crippen LogP contribution >= 0.6 is 0 Å². The fourth-order valence-corrected chi connectivity index (χ4v) is 3.23. The maximum atomic E-state index is 12.3. The van der Waals surface area contributed by atoms with Gasteiger partial charge in [-0.25, -0.2) is 5.43 Å². The van der Waals surface area contributed by atoms with Crippen LogP contribution in [0.15, 0.2) is 82.3 Å². The van der Waals surface area contributed by atoms with Gasteiger partial charge >= 0.3 is 5.91 Å². The Balaban J connectivity index is 1.32. The van der Waals surface area contributed by atoms with Gasteiger partial charge in [-0.15, -0.1) is 0 Å². The Morgan fingerprint density at radius 3 is 2.59 bits per heavy atom. The molecule has 0 saturated carbocycles. The predicted molar refractivity (Wildman–Crippen MR) is 124 cm³/mol. The molecule has 0 aliphatic carbocycles. The third kappa shape index (κ3) is 5.35. The van der Waals surface area contributed by atoms with Gasteiger partial charge in [0, 0.05) is 5.39 Å². The van der Waals surface area contributed by atoms with E-state index < -0.39 is 5.91 Å². The van der Waals surface area contributed by atoms with E-state index >= 15 is 0 Å². The molecule has 3 aromatic carbocycles. The van der Waals surface area contributed by atoms with Crippen LogP contribution in [-0.2, 0) is 6.61 Å². The van der Waals surface area contributed by atoms with Gasteiger partial charge in [-0.3, -0.25) is 4.79 Å². The molecule has 0 aliphatic heterocycles. The number of hydrazone groups is 1. The molecule has 1 aromatic heterocycles. The molecule has 162 valence electrons. The molecule has 0 fully saturated rings. The van der Waals surface area contributed by atoms with Crippen LogP contribution in [0.5, 0.6) is 11.5 Å². The van der Waals surface area contributed by atoms with Crippen molar-refractivity contribution in [2.75, 3.05) is 6.61 Å². The fraction of sp³-hybridized carbons (Fsp3) is 0.154. The topological polar surface area (TPSA) is 73.1 Å². The van der Waals surface area contributed by atoms with Crippen LogP contribution in [0.25, 0.3) is 11.0 Å². The summed E-state index contributed by atoms with van der Waals surface area (Å²) in [4.78, 5) is 12.3. The number of ether oxygens (including phenoxy) is 2. The number of rotatable bonds is 8. The highest BCUT2D eigenvalue weighted by Crippen LogP contribution is 2.24. The average molecular weight is 428 g/mol. The van der Waals surface area contributed by atoms with Gasteiger partial charge < -0.3 is 13.9 Å². The van der Waals surface area contributed by atoms with E-state index in [4.69, 9.17) is 13.9 Å². The maximum absolute atomic E-state index is 12.3. The van der Waals surface area contributed by atoms with Gasteiger partial charge in [0.25, 0.3) is 0 Å². The Morgan fingerprint density at radius 2 is 1.81 bits per heavy atom. The van der Waals surface area contributed by atoms with Gasteiger partial charge in [0.1, 0.15) is 23.7 Å². The first-order chi connectivity index (χ1) is 15.6. The van der Waals surface area contributed by atoms with Crippen molar-refractivity contribution >= 4 is 23.1 Å². The minimum absolute atomic E-state index is 0.186. The van der Waals surface area contributed by atoms with E-state index in [1.54, 1.807) is 18.3 Å². The van der Waals surface area contributed by atoms with Crippen molar-refractivity contribution in [3.63, 3.8) is 0 Å². The molecule has 0 bridgehead atoms. The minimum Gasteiger partial charge on any atom is -0.494 e. The minimum atomic E-state index is -0.423. The van der Waals surface area contributed by atoms with Crippen molar-refractivity contribution in [1.82, 2.24) is 5.43 Å². The zero-order chi connectivity index (χ0) is 22.3. The zero-order valence-corrected chi connectivity index (χ0v) is 18.0. The molecule has 0 radical (unpaired) electrons. The van der Waals surface area contributed by atoms with Gasteiger partial charge in [-0.2, -0.15) is 5.10 Å². The zero-order valence-electron chi connectivity index (χ0n) is 18.0. The average Bonchev–Trinajstić information content (AvgIpc) is 3.22. The summed E-state index contributed by atoms with van der Waals surface area (Å²) in [7, 11) is 0. The van der Waals surface area contributed by atoms with Crippen LogP contribution in [0.4, 0.5) is 0 Å². The van der Waals surface area contributed by atoms with Crippen LogP contribution in [-0.4, -0.2) is 18.7 Å². The first-order valence-corrected chi connectivity index (χ1v) is 10.4. The first kappa shape index (κ1) is 21.2. The highest BCUT2D eigenvalue weighted by molar-refractivity contribution is 5.96. The molecule has 4 aromatic rings. The second-order valence-corrected chi connectivity index (χ2v) is 7.29. The molecule has 1 heterocycles. The van der Waals surface area contributed by atoms with Crippen molar-refractivity contribution in [3.8, 4) is 11.5 Å². The molecule has 32 heavy (non-hydrogen) atoms. The van der Waals surface area contributed by atoms with E-state index in [9.17, 15) is 4.79 Å². The fourth-order valence-electron chi connectivity index (χ4n) is 3.23. The summed E-state index contributed by atoms with van der Waals surface area (Å²) >= 11 is 0. The lowest BCUT2D eigenvalue weighted by atomic mass is 10.1. The molecule has 6 nitrogen and oxygen atoms in total. The van der Waals surface area contributed by atoms with Gasteiger partial charge in [-0.1, -0.05) is 29.8 Å². The molecular weight excluding hydrogens is 404 g/mol. The molecule has 1 N–H and O–H groups in total. The van der Waals surface area contributed by atoms with Gasteiger partial charge in [0.15, 0.2) is 5.76 Å². The molecule has 0 saturated heterocycles. The smallest absolute Gasteiger partial charge is 0.307 e. The Hall–Kier alpha value is -4.06. The van der Waals surface area contributed by atoms with Gasteiger partial charge in [-0.05, 0) is 73.5 Å². The Kier molecular flexibility index (Phi) is 6.51. The van der Waals surface area contributed by atoms with Crippen LogP contribution in [0, 0.1) is 6.92 Å². The summed E-state index contributed by atoms with van der Waals surface area (Å²) in [6.45, 7) is 5.06. The lowest BCUT2D eigenvalue weighted by Crippen LogP contribution is -2.16. The quantitative estimate of drug-likeness (QED) is 0.298. The normalized spacial score (nSPS) is 11.1. The van der Waals surface area contributed by atoms with Crippen molar-refractivity contribution in [2.24, 2.45) is 5.10 Å². The third-order valence-electron chi connectivity index (χ3n) is 4.77. The molecule has 0 atom stereocenters. The summed E-state index contributed by atoms with van der Waals surface area (Å²) in [6.07, 6.45) is 1.57. The number of fused-ring (bicyclic) bond motifs is 1. The first-order valence-electron chi connectivity index (χ1n) is 10.4. The summed E-state index contributed by atoms with van der Waals surface area (Å²) < 4.78 is 16.9. The largest absolute Gasteiger partial charge is 0.494 e. The Morgan fingerprint density at radius 1 is 1.00 bits per heavy atom. The molecule has 1 amide bonds. The second-order valence-electron chi connectivity index (χ2n) is 7.29. The summed E-state index contributed by atoms with van der Waals surface area (Å²) in [5.41, 5.74) is 6.27. The number of carbonyl (C=O) groups excluding carboxylic acids is 1. The molecule has 0 aliphatic rings. The van der Waals surface area contributed by atoms with Crippen molar-refractivity contribution < 1.29 is 18.7 Å². The second kappa shape index (κ2) is 9.83. The van der Waals surface area contributed by atoms with Gasteiger partial charge in [0.2, 0.25) is 0 Å². The van der Waals surface area contributed by atoms with Crippen molar-refractivity contribution in [1.29, 1.82) is 0 Å². The van der Waals surface area contributed by atoms with Crippen LogP contribution in [0.3, 0.4) is 0 Å². The third-order valence-corrected chi connectivity index (χ3v) is 4.77. The lowest BCUT2D eigenvalue weighted by Gasteiger charge is -2.07. The number of hydrogen-bond donors (Lipinski definition) is 1. The summed E-state index contributed by atoms with van der Waals surface area (Å²) in [6, 6.07) is 22.8. The highest BCUT2D eigenvalue weighted by Gasteiger charge is 2.12. The van der Waals surface area contributed by atoms with E-state index in [2.05, 4.69) is 29.6 Å². The predicted octanol–water partition coefficient (Wildman–Crippen LogP) is 5.48. The monoisotopic (exact) mass is 428 g/mol. The van der Waals surface area contributed by atoms with Crippen LogP contribution in [0.2, 0.25) is 0 Å². The number of hydrogen-bond acceptors (Lipinski definition) is 5. The molecular formula is C26H24N2O4. The number of benzene rings is 3. The number of amides is 1.